The number of hydrogen-bond donors (Lipinski definition) is 0. The van der Waals surface area contributed by atoms with Gasteiger partial charge in [-0.15, -0.1) is 0 Å². The Morgan fingerprint density at radius 3 is 1.66 bits per heavy atom. The molecule has 376 valence electrons. The van der Waals surface area contributed by atoms with Gasteiger partial charge in [-0.25, -0.2) is 0 Å². The van der Waals surface area contributed by atoms with Gasteiger partial charge in [0.25, 0.3) is 0 Å². The summed E-state index contributed by atoms with van der Waals surface area (Å²) in [7, 11) is 3.96. The fourth-order valence-electron chi connectivity index (χ4n) is 8.19. The van der Waals surface area contributed by atoms with Gasteiger partial charge in [0, 0.05) is 38.0 Å². The SMILES string of the molecule is CCCCC/C=C\C/C=C\CCCCCCCCC(COC(=O)CC1CCC(OC(=O)CCCN(C)C)C1C)OC(=O)CCCCC(COC(=O)CCCCC)COC(=O)CCCCC. The molecule has 11 heteroatoms. The van der Waals surface area contributed by atoms with Gasteiger partial charge in [-0.3, -0.25) is 24.0 Å². The molecule has 0 aromatic rings. The van der Waals surface area contributed by atoms with E-state index in [2.05, 4.69) is 45.1 Å². The van der Waals surface area contributed by atoms with Gasteiger partial charge in [-0.2, -0.15) is 0 Å². The van der Waals surface area contributed by atoms with Crippen molar-refractivity contribution in [3.8, 4) is 0 Å². The van der Waals surface area contributed by atoms with Crippen molar-refractivity contribution in [2.24, 2.45) is 17.8 Å². The molecule has 1 aliphatic rings. The van der Waals surface area contributed by atoms with Gasteiger partial charge >= 0.3 is 29.8 Å². The molecule has 1 aliphatic carbocycles. The summed E-state index contributed by atoms with van der Waals surface area (Å²) in [5.41, 5.74) is 0. The van der Waals surface area contributed by atoms with E-state index in [4.69, 9.17) is 23.7 Å². The molecule has 65 heavy (non-hydrogen) atoms. The number of unbranched alkanes of at least 4 members (excludes halogenated alkanes) is 14. The Morgan fingerprint density at radius 1 is 0.538 bits per heavy atom. The molecule has 0 N–H and O–H groups in total. The quantitative estimate of drug-likeness (QED) is 0.0251. The minimum absolute atomic E-state index is 0.0194. The summed E-state index contributed by atoms with van der Waals surface area (Å²) in [4.78, 5) is 65.5. The number of carbonyl (C=O) groups excluding carboxylic acids is 5. The highest BCUT2D eigenvalue weighted by Gasteiger charge is 2.37. The second-order valence-corrected chi connectivity index (χ2v) is 18.9. The first kappa shape index (κ1) is 59.8. The van der Waals surface area contributed by atoms with Gasteiger partial charge in [0.1, 0.15) is 18.8 Å². The average molecular weight is 918 g/mol. The van der Waals surface area contributed by atoms with E-state index in [1.54, 1.807) is 0 Å². The summed E-state index contributed by atoms with van der Waals surface area (Å²) in [6.07, 6.45) is 34.0. The highest BCUT2D eigenvalue weighted by atomic mass is 16.6. The number of carbonyl (C=O) groups is 5. The predicted molar refractivity (Wildman–Crippen MR) is 261 cm³/mol. The number of hydrogen-bond acceptors (Lipinski definition) is 11. The largest absolute Gasteiger partial charge is 0.465 e. The van der Waals surface area contributed by atoms with Gasteiger partial charge in [-0.1, -0.05) is 123 Å². The van der Waals surface area contributed by atoms with Crippen LogP contribution in [0.5, 0.6) is 0 Å². The molecule has 0 heterocycles. The number of esters is 5. The Morgan fingerprint density at radius 2 is 1.05 bits per heavy atom. The number of rotatable bonds is 42. The second kappa shape index (κ2) is 41.0. The van der Waals surface area contributed by atoms with Crippen LogP contribution in [0.25, 0.3) is 0 Å². The van der Waals surface area contributed by atoms with Crippen molar-refractivity contribution in [3.63, 3.8) is 0 Å². The molecule has 0 aromatic heterocycles. The highest BCUT2D eigenvalue weighted by molar-refractivity contribution is 5.71. The van der Waals surface area contributed by atoms with Crippen LogP contribution >= 0.6 is 0 Å². The lowest BCUT2D eigenvalue weighted by Crippen LogP contribution is -2.27. The summed E-state index contributed by atoms with van der Waals surface area (Å²) in [6.45, 7) is 9.67. The van der Waals surface area contributed by atoms with Crippen molar-refractivity contribution in [3.05, 3.63) is 24.3 Å². The zero-order valence-corrected chi connectivity index (χ0v) is 42.3. The van der Waals surface area contributed by atoms with Gasteiger partial charge in [0.2, 0.25) is 0 Å². The molecule has 1 saturated carbocycles. The van der Waals surface area contributed by atoms with E-state index >= 15 is 0 Å². The minimum Gasteiger partial charge on any atom is -0.465 e. The number of ether oxygens (including phenoxy) is 5. The first-order valence-electron chi connectivity index (χ1n) is 26.3. The van der Waals surface area contributed by atoms with E-state index in [9.17, 15) is 24.0 Å². The van der Waals surface area contributed by atoms with E-state index in [-0.39, 0.29) is 86.4 Å². The van der Waals surface area contributed by atoms with Crippen LogP contribution in [0.3, 0.4) is 0 Å². The monoisotopic (exact) mass is 918 g/mol. The summed E-state index contributed by atoms with van der Waals surface area (Å²) in [6, 6.07) is 0. The summed E-state index contributed by atoms with van der Waals surface area (Å²) < 4.78 is 28.7. The van der Waals surface area contributed by atoms with Crippen LogP contribution in [-0.2, 0) is 47.7 Å². The summed E-state index contributed by atoms with van der Waals surface area (Å²) in [5, 5.41) is 0. The maximum absolute atomic E-state index is 13.2. The molecule has 0 aromatic carbocycles. The van der Waals surface area contributed by atoms with Gasteiger partial charge in [0.05, 0.1) is 13.2 Å². The standard InChI is InChI=1S/C54H95NO10/c1-7-10-13-14-15-16-17-18-19-20-21-22-23-24-25-28-33-48(44-63-54(60)41-47-38-39-49(45(47)4)65-53(59)37-31-40-55(5)6)64-52(58)36-30-29-32-46(42-61-50(56)34-26-11-8-2)43-62-51(57)35-27-12-9-3/h15-16,18-19,45-49H,7-14,17,20-44H2,1-6H3/b16-15-,19-18-. The molecule has 1 fully saturated rings. The third-order valence-corrected chi connectivity index (χ3v) is 12.5. The van der Waals surface area contributed by atoms with Crippen molar-refractivity contribution in [1.82, 2.24) is 4.90 Å². The first-order valence-corrected chi connectivity index (χ1v) is 26.3. The number of allylic oxidation sites excluding steroid dienone is 4. The van der Waals surface area contributed by atoms with E-state index in [1.807, 2.05) is 25.9 Å². The van der Waals surface area contributed by atoms with Crippen molar-refractivity contribution >= 4 is 29.8 Å². The normalized spacial score (nSPS) is 16.7. The van der Waals surface area contributed by atoms with Crippen LogP contribution in [0.15, 0.2) is 24.3 Å². The molecule has 0 saturated heterocycles. The van der Waals surface area contributed by atoms with Crippen molar-refractivity contribution in [2.75, 3.05) is 40.5 Å². The van der Waals surface area contributed by atoms with Crippen LogP contribution in [-0.4, -0.2) is 87.4 Å². The van der Waals surface area contributed by atoms with Crippen molar-refractivity contribution in [2.45, 2.75) is 233 Å². The number of nitrogens with zero attached hydrogens (tertiary/aromatic N) is 1. The van der Waals surface area contributed by atoms with Gasteiger partial charge in [0.15, 0.2) is 0 Å². The fraction of sp³-hybridized carbons (Fsp3) is 0.833. The molecule has 0 radical (unpaired) electrons. The van der Waals surface area contributed by atoms with Gasteiger partial charge in [-0.05, 0) is 122 Å². The molecule has 1 rings (SSSR count). The van der Waals surface area contributed by atoms with E-state index in [0.717, 1.165) is 103 Å². The van der Waals surface area contributed by atoms with Crippen LogP contribution in [0, 0.1) is 17.8 Å². The zero-order chi connectivity index (χ0) is 47.8. The van der Waals surface area contributed by atoms with Gasteiger partial charge < -0.3 is 28.6 Å². The maximum atomic E-state index is 13.2. The summed E-state index contributed by atoms with van der Waals surface area (Å²) in [5.74, 6) is -1.32. The first-order chi connectivity index (χ1) is 31.5. The van der Waals surface area contributed by atoms with E-state index in [1.165, 1.54) is 38.5 Å². The minimum atomic E-state index is -0.527. The third-order valence-electron chi connectivity index (χ3n) is 12.5. The molecular weight excluding hydrogens is 823 g/mol. The Balaban J connectivity index is 2.67. The molecular formula is C54H95NO10. The average Bonchev–Trinajstić information content (AvgIpc) is 3.61. The zero-order valence-electron chi connectivity index (χ0n) is 42.3. The molecule has 0 aliphatic heterocycles. The third kappa shape index (κ3) is 34.7. The Kier molecular flexibility index (Phi) is 37.7. The predicted octanol–water partition coefficient (Wildman–Crippen LogP) is 12.8. The van der Waals surface area contributed by atoms with Crippen LogP contribution in [0.1, 0.15) is 220 Å². The fourth-order valence-corrected chi connectivity index (χ4v) is 8.19. The van der Waals surface area contributed by atoms with E-state index < -0.39 is 6.10 Å². The smallest absolute Gasteiger partial charge is 0.306 e. The Labute approximate surface area is 396 Å². The van der Waals surface area contributed by atoms with Crippen molar-refractivity contribution in [1.29, 1.82) is 0 Å². The summed E-state index contributed by atoms with van der Waals surface area (Å²) >= 11 is 0. The molecule has 4 atom stereocenters. The maximum Gasteiger partial charge on any atom is 0.306 e. The molecule has 0 spiro atoms. The second-order valence-electron chi connectivity index (χ2n) is 18.9. The Bertz CT molecular complexity index is 1270. The van der Waals surface area contributed by atoms with Crippen molar-refractivity contribution < 1.29 is 47.7 Å². The van der Waals surface area contributed by atoms with E-state index in [0.29, 0.717) is 44.9 Å². The lowest BCUT2D eigenvalue weighted by molar-refractivity contribution is -0.160. The van der Waals surface area contributed by atoms with Crippen LogP contribution in [0.2, 0.25) is 0 Å². The topological polar surface area (TPSA) is 135 Å². The highest BCUT2D eigenvalue weighted by Crippen LogP contribution is 2.36. The lowest BCUT2D eigenvalue weighted by atomic mass is 9.94. The molecule has 11 nitrogen and oxygen atoms in total. The molecule has 0 amide bonds. The van der Waals surface area contributed by atoms with Crippen LogP contribution < -0.4 is 0 Å². The molecule has 0 bridgehead atoms. The van der Waals surface area contributed by atoms with Crippen LogP contribution in [0.4, 0.5) is 0 Å². The molecule has 4 unspecified atom stereocenters. The lowest BCUT2D eigenvalue weighted by Gasteiger charge is -2.22. The Hall–Kier alpha value is -3.21.